The van der Waals surface area contributed by atoms with Crippen molar-refractivity contribution in [3.05, 3.63) is 41.2 Å². The summed E-state index contributed by atoms with van der Waals surface area (Å²) < 4.78 is 15.3. The highest BCUT2D eigenvalue weighted by Crippen LogP contribution is 2.42. The van der Waals surface area contributed by atoms with Gasteiger partial charge in [0.25, 0.3) is 0 Å². The number of oxime groups is 1. The molecule has 3 heterocycles. The molecule has 0 N–H and O–H groups in total. The third kappa shape index (κ3) is 5.25. The van der Waals surface area contributed by atoms with Crippen molar-refractivity contribution in [2.24, 2.45) is 24.0 Å². The molecule has 2 aromatic rings. The molecular weight excluding hydrogens is 487 g/mol. The van der Waals surface area contributed by atoms with Gasteiger partial charge in [0.1, 0.15) is 34.7 Å². The fourth-order valence-corrected chi connectivity index (χ4v) is 5.28. The Hall–Kier alpha value is -3.83. The second-order valence-corrected chi connectivity index (χ2v) is 11.0. The molecule has 1 saturated carbocycles. The first-order chi connectivity index (χ1) is 17.9. The van der Waals surface area contributed by atoms with Crippen LogP contribution in [0.2, 0.25) is 0 Å². The van der Waals surface area contributed by atoms with E-state index in [0.717, 1.165) is 25.7 Å². The maximum absolute atomic E-state index is 14.1. The van der Waals surface area contributed by atoms with E-state index in [-0.39, 0.29) is 23.6 Å². The Kier molecular flexibility index (Phi) is 7.52. The van der Waals surface area contributed by atoms with E-state index in [4.69, 9.17) is 4.84 Å². The molecule has 2 atom stereocenters. The number of carbonyl (C=O) groups is 1. The number of fused-ring (bicyclic) bond motifs is 1. The summed E-state index contributed by atoms with van der Waals surface area (Å²) in [6, 6.07) is 8.41. The van der Waals surface area contributed by atoms with Crippen LogP contribution in [-0.4, -0.2) is 57.0 Å². The van der Waals surface area contributed by atoms with Gasteiger partial charge in [0, 0.05) is 32.1 Å². The van der Waals surface area contributed by atoms with E-state index in [9.17, 15) is 19.7 Å². The first-order valence-electron chi connectivity index (χ1n) is 12.7. The highest BCUT2D eigenvalue weighted by molar-refractivity contribution is 6.00. The largest absolute Gasteiger partial charge is 0.390 e. The number of hydrogen-bond donors (Lipinski definition) is 0. The van der Waals surface area contributed by atoms with Crippen molar-refractivity contribution < 1.29 is 14.0 Å². The second-order valence-electron chi connectivity index (χ2n) is 11.0. The Morgan fingerprint density at radius 1 is 1.21 bits per heavy atom. The third-order valence-electron chi connectivity index (χ3n) is 7.31. The molecule has 0 bridgehead atoms. The maximum Gasteiger partial charge on any atom is 0.246 e. The normalized spacial score (nSPS) is 24.1. The highest BCUT2D eigenvalue weighted by atomic mass is 19.1. The van der Waals surface area contributed by atoms with Gasteiger partial charge in [-0.3, -0.25) is 9.69 Å². The van der Waals surface area contributed by atoms with Crippen molar-refractivity contribution in [2.45, 2.75) is 64.1 Å². The number of nitrogens with zero attached hydrogens (tertiary/aromatic N) is 8. The van der Waals surface area contributed by atoms with Crippen LogP contribution < -0.4 is 4.90 Å². The number of aryl methyl sites for hydroxylation is 1. The molecule has 2 aromatic heterocycles. The molecule has 11 heteroatoms. The SMILES string of the molecule is CN1C(=O)C(C#N)C(N(C)C2CCC(/C(=N/OC(C)(C)C)c3cc(F)n(C)n3)CC2)c2nc(C#N)ccc21. The van der Waals surface area contributed by atoms with Crippen LogP contribution in [0.3, 0.4) is 0 Å². The van der Waals surface area contributed by atoms with E-state index >= 15 is 0 Å². The summed E-state index contributed by atoms with van der Waals surface area (Å²) in [5.41, 5.74) is 1.98. The van der Waals surface area contributed by atoms with E-state index in [1.807, 2.05) is 27.8 Å². The topological polar surface area (TPSA) is 123 Å². The van der Waals surface area contributed by atoms with Gasteiger partial charge in [-0.1, -0.05) is 5.16 Å². The van der Waals surface area contributed by atoms with E-state index < -0.39 is 23.5 Å². The number of carbonyl (C=O) groups excluding carboxylic acids is 1. The van der Waals surface area contributed by atoms with Crippen molar-refractivity contribution in [1.82, 2.24) is 19.7 Å². The summed E-state index contributed by atoms with van der Waals surface area (Å²) in [5.74, 6) is -1.67. The van der Waals surface area contributed by atoms with Gasteiger partial charge in [0.2, 0.25) is 11.9 Å². The lowest BCUT2D eigenvalue weighted by atomic mass is 9.80. The van der Waals surface area contributed by atoms with Gasteiger partial charge in [0.15, 0.2) is 0 Å². The van der Waals surface area contributed by atoms with E-state index in [1.54, 1.807) is 26.2 Å². The number of pyridine rings is 1. The quantitative estimate of drug-likeness (QED) is 0.435. The lowest BCUT2D eigenvalue weighted by molar-refractivity contribution is -0.123. The van der Waals surface area contributed by atoms with Crippen LogP contribution in [0.5, 0.6) is 0 Å². The molecule has 1 aliphatic carbocycles. The number of nitriles is 2. The minimum Gasteiger partial charge on any atom is -0.390 e. The van der Waals surface area contributed by atoms with Crippen molar-refractivity contribution in [1.29, 1.82) is 10.5 Å². The van der Waals surface area contributed by atoms with Crippen molar-refractivity contribution in [3.8, 4) is 12.1 Å². The molecule has 38 heavy (non-hydrogen) atoms. The second kappa shape index (κ2) is 10.5. The lowest BCUT2D eigenvalue weighted by Gasteiger charge is -2.43. The van der Waals surface area contributed by atoms with Crippen LogP contribution >= 0.6 is 0 Å². The Morgan fingerprint density at radius 2 is 1.89 bits per heavy atom. The van der Waals surface area contributed by atoms with Gasteiger partial charge >= 0.3 is 0 Å². The molecule has 0 spiro atoms. The first kappa shape index (κ1) is 27.2. The molecule has 1 fully saturated rings. The fourth-order valence-electron chi connectivity index (χ4n) is 5.28. The van der Waals surface area contributed by atoms with Gasteiger partial charge in [-0.2, -0.15) is 20.0 Å². The number of amides is 1. The maximum atomic E-state index is 14.1. The monoisotopic (exact) mass is 520 g/mol. The third-order valence-corrected chi connectivity index (χ3v) is 7.31. The molecule has 0 aromatic carbocycles. The van der Waals surface area contributed by atoms with Crippen LogP contribution in [0.1, 0.15) is 69.6 Å². The molecule has 2 unspecified atom stereocenters. The van der Waals surface area contributed by atoms with Gasteiger partial charge in [-0.05, 0) is 65.6 Å². The summed E-state index contributed by atoms with van der Waals surface area (Å²) in [6.45, 7) is 5.70. The minimum absolute atomic E-state index is 0.0118. The zero-order chi connectivity index (χ0) is 27.8. The first-order valence-corrected chi connectivity index (χ1v) is 12.7. The summed E-state index contributed by atoms with van der Waals surface area (Å²) >= 11 is 0. The van der Waals surface area contributed by atoms with Crippen molar-refractivity contribution in [2.75, 3.05) is 19.0 Å². The van der Waals surface area contributed by atoms with Gasteiger partial charge < -0.3 is 9.74 Å². The van der Waals surface area contributed by atoms with Gasteiger partial charge in [-0.15, -0.1) is 0 Å². The number of anilines is 1. The van der Waals surface area contributed by atoms with Crippen molar-refractivity contribution in [3.63, 3.8) is 0 Å². The van der Waals surface area contributed by atoms with Gasteiger partial charge in [0.05, 0.1) is 23.5 Å². The van der Waals surface area contributed by atoms with Crippen LogP contribution in [0.15, 0.2) is 23.4 Å². The zero-order valence-corrected chi connectivity index (χ0v) is 22.6. The molecule has 1 amide bonds. The fraction of sp³-hybridized carbons (Fsp3) is 0.556. The van der Waals surface area contributed by atoms with Crippen LogP contribution in [0.25, 0.3) is 0 Å². The number of hydrogen-bond acceptors (Lipinski definition) is 8. The minimum atomic E-state index is -0.939. The molecule has 200 valence electrons. The smallest absolute Gasteiger partial charge is 0.246 e. The Balaban J connectivity index is 1.59. The van der Waals surface area contributed by atoms with E-state index in [2.05, 4.69) is 32.3 Å². The zero-order valence-electron chi connectivity index (χ0n) is 22.6. The molecule has 1 aliphatic heterocycles. The lowest BCUT2D eigenvalue weighted by Crippen LogP contribution is -2.49. The van der Waals surface area contributed by atoms with Crippen molar-refractivity contribution >= 4 is 17.3 Å². The molecule has 10 nitrogen and oxygen atoms in total. The van der Waals surface area contributed by atoms with Gasteiger partial charge in [-0.25, -0.2) is 9.67 Å². The van der Waals surface area contributed by atoms with E-state index in [0.29, 0.717) is 22.8 Å². The Bertz CT molecular complexity index is 1300. The predicted molar refractivity (Wildman–Crippen MR) is 138 cm³/mol. The molecule has 2 aliphatic rings. The number of halogens is 1. The summed E-state index contributed by atoms with van der Waals surface area (Å²) in [7, 11) is 5.08. The summed E-state index contributed by atoms with van der Waals surface area (Å²) in [6.07, 6.45) is 3.01. The van der Waals surface area contributed by atoms with Crippen LogP contribution in [-0.2, 0) is 16.7 Å². The highest BCUT2D eigenvalue weighted by Gasteiger charge is 2.45. The van der Waals surface area contributed by atoms with E-state index in [1.165, 1.54) is 15.6 Å². The Labute approximate surface area is 222 Å². The average Bonchev–Trinajstić information content (AvgIpc) is 3.22. The molecular formula is C27H33FN8O2. The predicted octanol–water partition coefficient (Wildman–Crippen LogP) is 3.69. The van der Waals surface area contributed by atoms with Crippen LogP contribution in [0.4, 0.5) is 10.1 Å². The number of aromatic nitrogens is 3. The Morgan fingerprint density at radius 3 is 2.45 bits per heavy atom. The average molecular weight is 521 g/mol. The molecule has 0 radical (unpaired) electrons. The molecule has 0 saturated heterocycles. The van der Waals surface area contributed by atoms with Crippen LogP contribution in [0, 0.1) is 40.4 Å². The summed E-state index contributed by atoms with van der Waals surface area (Å²) in [4.78, 5) is 26.8. The summed E-state index contributed by atoms with van der Waals surface area (Å²) in [5, 5.41) is 28.1. The molecule has 4 rings (SSSR count). The standard InChI is InChI=1S/C27H33FN8O2/c1-27(2,3)38-33-23(20-13-22(28)36(6)32-20)16-7-10-18(11-8-16)34(4)25-19(15-30)26(37)35(5)21-12-9-17(14-29)31-24(21)25/h9,12-13,16,18-19,25H,7-8,10-11H2,1-6H3/b33-23-. The number of rotatable bonds is 5.